The summed E-state index contributed by atoms with van der Waals surface area (Å²) in [6.45, 7) is 1.00. The Balaban J connectivity index is 2.00. The van der Waals surface area contributed by atoms with Gasteiger partial charge in [0.1, 0.15) is 17.7 Å². The Bertz CT molecular complexity index is 673. The van der Waals surface area contributed by atoms with Crippen LogP contribution in [0.4, 0.5) is 8.78 Å². The molecule has 2 nitrogen and oxygen atoms in total. The van der Waals surface area contributed by atoms with Crippen molar-refractivity contribution >= 4 is 11.6 Å². The molecule has 1 heterocycles. The van der Waals surface area contributed by atoms with Gasteiger partial charge in [-0.25, -0.2) is 8.78 Å². The van der Waals surface area contributed by atoms with Crippen LogP contribution in [0.3, 0.4) is 0 Å². The Morgan fingerprint density at radius 1 is 1.05 bits per heavy atom. The average molecular weight is 297 g/mol. The molecule has 0 saturated heterocycles. The topological polar surface area (TPSA) is 29.5 Å². The van der Waals surface area contributed by atoms with Gasteiger partial charge in [-0.3, -0.25) is 0 Å². The Morgan fingerprint density at radius 3 is 2.60 bits per heavy atom. The fourth-order valence-electron chi connectivity index (χ4n) is 2.29. The van der Waals surface area contributed by atoms with Crippen molar-refractivity contribution in [3.63, 3.8) is 0 Å². The van der Waals surface area contributed by atoms with E-state index in [2.05, 4.69) is 0 Å². The second-order valence-electron chi connectivity index (χ2n) is 4.71. The van der Waals surface area contributed by atoms with E-state index in [4.69, 9.17) is 16.3 Å². The van der Waals surface area contributed by atoms with E-state index in [1.165, 1.54) is 0 Å². The molecule has 1 aliphatic rings. The highest BCUT2D eigenvalue weighted by atomic mass is 35.5. The zero-order valence-corrected chi connectivity index (χ0v) is 11.1. The third-order valence-corrected chi connectivity index (χ3v) is 3.69. The van der Waals surface area contributed by atoms with E-state index in [9.17, 15) is 13.9 Å². The summed E-state index contributed by atoms with van der Waals surface area (Å²) < 4.78 is 32.5. The summed E-state index contributed by atoms with van der Waals surface area (Å²) in [6.07, 6.45) is -1.24. The number of benzene rings is 2. The Morgan fingerprint density at radius 2 is 1.80 bits per heavy atom. The average Bonchev–Trinajstić information content (AvgIpc) is 2.89. The van der Waals surface area contributed by atoms with E-state index in [0.29, 0.717) is 18.8 Å². The van der Waals surface area contributed by atoms with Crippen molar-refractivity contribution in [1.82, 2.24) is 0 Å². The summed E-state index contributed by atoms with van der Waals surface area (Å²) in [6, 6.07) is 7.05. The van der Waals surface area contributed by atoms with Crippen LogP contribution in [-0.4, -0.2) is 5.11 Å². The van der Waals surface area contributed by atoms with E-state index in [1.54, 1.807) is 12.1 Å². The molecule has 0 aliphatic carbocycles. The fraction of sp³-hybridized carbons (Fsp3) is 0.200. The van der Waals surface area contributed by atoms with Crippen LogP contribution >= 0.6 is 11.6 Å². The molecule has 1 aliphatic heterocycles. The summed E-state index contributed by atoms with van der Waals surface area (Å²) >= 11 is 5.50. The first kappa shape index (κ1) is 13.5. The molecule has 0 fully saturated rings. The zero-order chi connectivity index (χ0) is 14.3. The predicted octanol–water partition coefficient (Wildman–Crippen LogP) is 3.73. The predicted molar refractivity (Wildman–Crippen MR) is 70.4 cm³/mol. The van der Waals surface area contributed by atoms with Crippen molar-refractivity contribution in [3.8, 4) is 0 Å². The van der Waals surface area contributed by atoms with Crippen molar-refractivity contribution in [1.29, 1.82) is 0 Å². The van der Waals surface area contributed by atoms with E-state index < -0.39 is 17.7 Å². The lowest BCUT2D eigenvalue weighted by Gasteiger charge is -2.14. The van der Waals surface area contributed by atoms with Crippen molar-refractivity contribution in [2.75, 3.05) is 0 Å². The molecule has 2 aromatic carbocycles. The van der Waals surface area contributed by atoms with Gasteiger partial charge in [0.2, 0.25) is 0 Å². The van der Waals surface area contributed by atoms with E-state index in [1.807, 2.05) is 6.07 Å². The maximum Gasteiger partial charge on any atom is 0.142 e. The quantitative estimate of drug-likeness (QED) is 0.856. The Labute approximate surface area is 119 Å². The monoisotopic (exact) mass is 296 g/mol. The summed E-state index contributed by atoms with van der Waals surface area (Å²) in [5, 5.41) is 9.92. The third kappa shape index (κ3) is 2.30. The highest BCUT2D eigenvalue weighted by Gasteiger charge is 2.20. The molecule has 1 unspecified atom stereocenters. The van der Waals surface area contributed by atoms with Crippen LogP contribution in [0.25, 0.3) is 0 Å². The highest BCUT2D eigenvalue weighted by Crippen LogP contribution is 2.30. The first-order chi connectivity index (χ1) is 9.56. The van der Waals surface area contributed by atoms with E-state index in [-0.39, 0.29) is 10.6 Å². The highest BCUT2D eigenvalue weighted by molar-refractivity contribution is 6.30. The standard InChI is InChI=1S/C15H11ClF2O2/c16-12-5-13(17)11(4-14(12)18)15(19)8-1-2-9-6-20-7-10(9)3-8/h1-5,15,19H,6-7H2. The number of fused-ring (bicyclic) bond motifs is 1. The van der Waals surface area contributed by atoms with Crippen LogP contribution in [0.15, 0.2) is 30.3 Å². The molecular weight excluding hydrogens is 286 g/mol. The van der Waals surface area contributed by atoms with E-state index in [0.717, 1.165) is 23.3 Å². The van der Waals surface area contributed by atoms with Crippen molar-refractivity contribution in [3.05, 3.63) is 69.2 Å². The minimum absolute atomic E-state index is 0.134. The molecule has 20 heavy (non-hydrogen) atoms. The van der Waals surface area contributed by atoms with Gasteiger partial charge in [-0.1, -0.05) is 29.8 Å². The molecule has 1 atom stereocenters. The molecule has 0 aromatic heterocycles. The summed E-state index contributed by atoms with van der Waals surface area (Å²) in [5.74, 6) is -1.49. The number of ether oxygens (including phenoxy) is 1. The second kappa shape index (κ2) is 5.13. The van der Waals surface area contributed by atoms with Crippen LogP contribution in [-0.2, 0) is 18.0 Å². The lowest BCUT2D eigenvalue weighted by atomic mass is 9.97. The van der Waals surface area contributed by atoms with Gasteiger partial charge >= 0.3 is 0 Å². The third-order valence-electron chi connectivity index (χ3n) is 3.40. The van der Waals surface area contributed by atoms with Crippen molar-refractivity contribution < 1.29 is 18.6 Å². The van der Waals surface area contributed by atoms with Gasteiger partial charge in [0, 0.05) is 5.56 Å². The smallest absolute Gasteiger partial charge is 0.142 e. The van der Waals surface area contributed by atoms with Crippen LogP contribution < -0.4 is 0 Å². The molecular formula is C15H11ClF2O2. The largest absolute Gasteiger partial charge is 0.384 e. The van der Waals surface area contributed by atoms with Crippen LogP contribution in [0, 0.1) is 11.6 Å². The summed E-state index contributed by atoms with van der Waals surface area (Å²) in [7, 11) is 0. The Kier molecular flexibility index (Phi) is 3.46. The number of aliphatic hydroxyl groups excluding tert-OH is 1. The molecule has 0 radical (unpaired) electrons. The number of hydrogen-bond donors (Lipinski definition) is 1. The zero-order valence-electron chi connectivity index (χ0n) is 10.4. The molecule has 2 aromatic rings. The molecule has 1 N–H and O–H groups in total. The molecule has 0 saturated carbocycles. The maximum atomic E-state index is 13.8. The summed E-state index contributed by atoms with van der Waals surface area (Å²) in [5.41, 5.74) is 2.36. The molecule has 0 spiro atoms. The fourth-order valence-corrected chi connectivity index (χ4v) is 2.44. The molecule has 104 valence electrons. The van der Waals surface area contributed by atoms with Gasteiger partial charge in [0.15, 0.2) is 0 Å². The minimum Gasteiger partial charge on any atom is -0.384 e. The lowest BCUT2D eigenvalue weighted by Crippen LogP contribution is -2.04. The molecule has 0 bridgehead atoms. The van der Waals surface area contributed by atoms with Gasteiger partial charge in [-0.2, -0.15) is 0 Å². The van der Waals surface area contributed by atoms with Gasteiger partial charge in [0.05, 0.1) is 18.2 Å². The van der Waals surface area contributed by atoms with Crippen LogP contribution in [0.1, 0.15) is 28.4 Å². The first-order valence-corrected chi connectivity index (χ1v) is 6.46. The molecule has 3 rings (SSSR count). The van der Waals surface area contributed by atoms with Crippen molar-refractivity contribution in [2.24, 2.45) is 0 Å². The van der Waals surface area contributed by atoms with Crippen molar-refractivity contribution in [2.45, 2.75) is 19.3 Å². The number of aliphatic hydroxyl groups is 1. The van der Waals surface area contributed by atoms with Gasteiger partial charge < -0.3 is 9.84 Å². The van der Waals surface area contributed by atoms with Crippen LogP contribution in [0.2, 0.25) is 5.02 Å². The van der Waals surface area contributed by atoms with Crippen LogP contribution in [0.5, 0.6) is 0 Å². The van der Waals surface area contributed by atoms with E-state index >= 15 is 0 Å². The maximum absolute atomic E-state index is 13.8. The normalized spacial score (nSPS) is 15.2. The first-order valence-electron chi connectivity index (χ1n) is 6.08. The molecule has 5 heteroatoms. The number of hydrogen-bond acceptors (Lipinski definition) is 2. The SMILES string of the molecule is OC(c1ccc2c(c1)COC2)c1cc(F)c(Cl)cc1F. The molecule has 0 amide bonds. The van der Waals surface area contributed by atoms with Gasteiger partial charge in [-0.15, -0.1) is 0 Å². The Hall–Kier alpha value is -1.49. The van der Waals surface area contributed by atoms with Gasteiger partial charge in [-0.05, 0) is 28.8 Å². The number of halogens is 3. The minimum atomic E-state index is -1.24. The second-order valence-corrected chi connectivity index (χ2v) is 5.12. The number of rotatable bonds is 2. The summed E-state index contributed by atoms with van der Waals surface area (Å²) in [4.78, 5) is 0. The van der Waals surface area contributed by atoms with Gasteiger partial charge in [0.25, 0.3) is 0 Å². The lowest BCUT2D eigenvalue weighted by molar-refractivity contribution is 0.134.